The molecule has 122 heavy (non-hydrogen) atoms. The van der Waals surface area contributed by atoms with Crippen LogP contribution in [0.3, 0.4) is 0 Å². The maximum atomic E-state index is 2.46. The Balaban J connectivity index is 0.839. The molecular weight excluding hydrogens is 1470 g/mol. The third-order valence-electron chi connectivity index (χ3n) is 23.9. The summed E-state index contributed by atoms with van der Waals surface area (Å²) in [5.41, 5.74) is 41.9. The minimum absolute atomic E-state index is 1.03. The third kappa shape index (κ3) is 17.9. The Morgan fingerprint density at radius 3 is 0.516 bits per heavy atom. The predicted octanol–water partition coefficient (Wildman–Crippen LogP) is 33.7. The summed E-state index contributed by atoms with van der Waals surface area (Å²) < 4.78 is 0. The molecule has 0 unspecified atom stereocenters. The van der Waals surface area contributed by atoms with Crippen LogP contribution in [-0.4, -0.2) is 0 Å². The van der Waals surface area contributed by atoms with Gasteiger partial charge in [0.1, 0.15) is 0 Å². The Labute approximate surface area is 721 Å². The molecule has 2 aliphatic rings. The third-order valence-corrected chi connectivity index (χ3v) is 23.9. The van der Waals surface area contributed by atoms with Gasteiger partial charge in [0.25, 0.3) is 0 Å². The number of aryl methyl sites for hydroxylation is 7. The van der Waals surface area contributed by atoms with E-state index in [0.717, 1.165) is 135 Å². The van der Waals surface area contributed by atoms with Crippen LogP contribution < -0.4 is 19.6 Å². The van der Waals surface area contributed by atoms with Gasteiger partial charge < -0.3 is 19.6 Å². The lowest BCUT2D eigenvalue weighted by atomic mass is 9.80. The first-order chi connectivity index (χ1) is 59.7. The number of hydrogen-bond donors (Lipinski definition) is 0. The highest BCUT2D eigenvalue weighted by molar-refractivity contribution is 6.07. The molecule has 0 radical (unpaired) electrons. The second-order valence-corrected chi connectivity index (χ2v) is 33.1. The Hall–Kier alpha value is -14.6. The zero-order chi connectivity index (χ0) is 83.0. The number of rotatable bonds is 21. The van der Waals surface area contributed by atoms with E-state index in [1.54, 1.807) is 5.57 Å². The molecule has 2 aliphatic carbocycles. The SMILES string of the molecule is Cc1ccc(/C=C/c2ccc(N(c3ccc(C)cc3)c3ccc4c(c3)-c3ccc(N(c5ccc(C)cc5)c5ccc(/C=C/c6ccc(C)cc6)cc5)cc3-c3ccc(N(c5ccc(C)cc5)c5ccc(/C=C/c6ccc(C=C7CCCCC7)cc6)cc5)cc3-c3ccc(N(c5ccc(C)cc5)c5ccc(/C=C/c6ccc(C)cc6)cc5)cc3-4)cc2)cc1. The molecule has 4 heteroatoms. The van der Waals surface area contributed by atoms with E-state index in [9.17, 15) is 0 Å². The second-order valence-electron chi connectivity index (χ2n) is 33.1. The topological polar surface area (TPSA) is 13.0 Å². The Bertz CT molecular complexity index is 6020. The molecule has 0 aromatic heterocycles. The maximum Gasteiger partial charge on any atom is 0.0468 e. The van der Waals surface area contributed by atoms with Crippen molar-refractivity contribution in [3.05, 3.63) is 459 Å². The minimum atomic E-state index is 1.03. The molecule has 16 aromatic rings. The first kappa shape index (κ1) is 78.6. The highest BCUT2D eigenvalue weighted by Crippen LogP contribution is 2.54. The number of allylic oxidation sites excluding steroid dienone is 1. The van der Waals surface area contributed by atoms with Gasteiger partial charge in [-0.15, -0.1) is 0 Å². The number of nitrogens with zero attached hydrogens (tertiary/aromatic N) is 4. The number of anilines is 12. The molecule has 0 saturated heterocycles. The average molecular weight is 1570 g/mol. The Kier molecular flexibility index (Phi) is 22.9. The summed E-state index contributed by atoms with van der Waals surface area (Å²) in [7, 11) is 0. The normalized spacial score (nSPS) is 12.4. The van der Waals surface area contributed by atoms with E-state index in [-0.39, 0.29) is 0 Å². The van der Waals surface area contributed by atoms with Gasteiger partial charge in [-0.25, -0.2) is 0 Å². The molecule has 0 aliphatic heterocycles. The van der Waals surface area contributed by atoms with Crippen LogP contribution in [0.2, 0.25) is 0 Å². The van der Waals surface area contributed by atoms with Crippen LogP contribution in [0.25, 0.3) is 99.2 Å². The fourth-order valence-corrected chi connectivity index (χ4v) is 16.9. The van der Waals surface area contributed by atoms with Crippen molar-refractivity contribution < 1.29 is 0 Å². The van der Waals surface area contributed by atoms with Gasteiger partial charge in [0.2, 0.25) is 0 Å². The first-order valence-corrected chi connectivity index (χ1v) is 42.9. The zero-order valence-corrected chi connectivity index (χ0v) is 70.7. The lowest BCUT2D eigenvalue weighted by molar-refractivity contribution is 0.602. The van der Waals surface area contributed by atoms with E-state index in [0.29, 0.717) is 0 Å². The van der Waals surface area contributed by atoms with E-state index < -0.39 is 0 Å². The molecule has 0 heterocycles. The van der Waals surface area contributed by atoms with Crippen molar-refractivity contribution in [2.45, 2.75) is 80.6 Å². The van der Waals surface area contributed by atoms with E-state index >= 15 is 0 Å². The van der Waals surface area contributed by atoms with Gasteiger partial charge in [-0.2, -0.15) is 0 Å². The van der Waals surface area contributed by atoms with Crippen LogP contribution >= 0.6 is 0 Å². The lowest BCUT2D eigenvalue weighted by Gasteiger charge is -2.32. The molecule has 1 fully saturated rings. The summed E-state index contributed by atoms with van der Waals surface area (Å²) in [5.74, 6) is 0. The molecule has 16 aromatic carbocycles. The van der Waals surface area contributed by atoms with E-state index in [1.165, 1.54) is 98.9 Å². The molecule has 0 atom stereocenters. The van der Waals surface area contributed by atoms with Crippen molar-refractivity contribution >= 4 is 123 Å². The predicted molar refractivity (Wildman–Crippen MR) is 526 cm³/mol. The van der Waals surface area contributed by atoms with Crippen molar-refractivity contribution in [2.24, 2.45) is 0 Å². The van der Waals surface area contributed by atoms with Gasteiger partial charge in [-0.1, -0.05) is 324 Å². The average Bonchev–Trinajstić information content (AvgIpc) is 0.726. The van der Waals surface area contributed by atoms with Gasteiger partial charge >= 0.3 is 0 Å². The highest BCUT2D eigenvalue weighted by Gasteiger charge is 2.29. The summed E-state index contributed by atoms with van der Waals surface area (Å²) in [6.45, 7) is 15.1. The summed E-state index contributed by atoms with van der Waals surface area (Å²) in [6, 6.07) is 136. The van der Waals surface area contributed by atoms with Crippen molar-refractivity contribution in [1.82, 2.24) is 0 Å². The summed E-state index contributed by atoms with van der Waals surface area (Å²) in [5, 5.41) is 0. The van der Waals surface area contributed by atoms with Crippen LogP contribution in [0.4, 0.5) is 68.2 Å². The molecule has 18 rings (SSSR count). The van der Waals surface area contributed by atoms with E-state index in [4.69, 9.17) is 0 Å². The lowest BCUT2D eigenvalue weighted by Crippen LogP contribution is -2.12. The monoisotopic (exact) mass is 1570 g/mol. The maximum absolute atomic E-state index is 2.46. The van der Waals surface area contributed by atoms with Gasteiger partial charge in [0.15, 0.2) is 0 Å². The molecule has 0 N–H and O–H groups in total. The standard InChI is InChI=1S/C118H100N4/c1-82-13-27-89(28-14-82)33-37-93-45-61-103(62-46-93)119(99-53-19-85(4)20-54-99)107-69-73-111-115(78-107)112-74-70-108(120(100-55-21-86(5)22-56-100)104-63-47-94(48-64-104)38-34-90-29-15-83(2)16-30-90)80-117(112)114-76-72-110(122(102-59-25-88(7)26-60-102)106-67-51-96(52-68-106)40-36-92-41-43-98(44-42-92)77-97-11-9-8-10-12-97)81-118(114)113-75-71-109(79-116(111)113)121(101-57-23-87(6)24-58-101)105-65-49-95(50-66-105)39-35-91-31-17-84(3)18-32-91/h13-81H,8-12H2,1-7H3/b37-33+,38-34+,39-35+,40-36+,115-112?,116-111?,117-114?,118-113?. The number of benzene rings is 16. The quantitative estimate of drug-likeness (QED) is 0.0665. The second kappa shape index (κ2) is 35.5. The van der Waals surface area contributed by atoms with Crippen LogP contribution in [-0.2, 0) is 0 Å². The van der Waals surface area contributed by atoms with Crippen LogP contribution in [0, 0.1) is 48.5 Å². The van der Waals surface area contributed by atoms with Gasteiger partial charge in [-0.05, 0) is 314 Å². The fourth-order valence-electron chi connectivity index (χ4n) is 16.9. The Morgan fingerprint density at radius 2 is 0.311 bits per heavy atom. The van der Waals surface area contributed by atoms with Crippen LogP contribution in [0.1, 0.15) is 121 Å². The van der Waals surface area contributed by atoms with Gasteiger partial charge in [0.05, 0.1) is 0 Å². The fraction of sp³-hybridized carbons (Fsp3) is 0.102. The molecule has 1 saturated carbocycles. The summed E-state index contributed by atoms with van der Waals surface area (Å²) in [6.07, 6.45) is 26.5. The molecule has 0 spiro atoms. The zero-order valence-electron chi connectivity index (χ0n) is 70.7. The smallest absolute Gasteiger partial charge is 0.0468 e. The molecular formula is C118H100N4. The van der Waals surface area contributed by atoms with Crippen LogP contribution in [0.15, 0.2) is 370 Å². The van der Waals surface area contributed by atoms with Crippen molar-refractivity contribution in [1.29, 1.82) is 0 Å². The largest absolute Gasteiger partial charge is 0.310 e. The highest BCUT2D eigenvalue weighted by atomic mass is 15.2. The van der Waals surface area contributed by atoms with Crippen molar-refractivity contribution in [2.75, 3.05) is 19.6 Å². The minimum Gasteiger partial charge on any atom is -0.310 e. The number of hydrogen-bond acceptors (Lipinski definition) is 4. The summed E-state index contributed by atoms with van der Waals surface area (Å²) >= 11 is 0. The molecule has 0 bridgehead atoms. The van der Waals surface area contributed by atoms with Crippen LogP contribution in [0.5, 0.6) is 0 Å². The van der Waals surface area contributed by atoms with E-state index in [1.807, 2.05) is 0 Å². The first-order valence-electron chi connectivity index (χ1n) is 42.9. The van der Waals surface area contributed by atoms with E-state index in [2.05, 4.69) is 487 Å². The summed E-state index contributed by atoms with van der Waals surface area (Å²) in [4.78, 5) is 9.70. The van der Waals surface area contributed by atoms with Gasteiger partial charge in [0, 0.05) is 68.2 Å². The molecule has 4 nitrogen and oxygen atoms in total. The number of fused-ring (bicyclic) bond motifs is 8. The van der Waals surface area contributed by atoms with Crippen molar-refractivity contribution in [3.63, 3.8) is 0 Å². The van der Waals surface area contributed by atoms with Gasteiger partial charge in [-0.3, -0.25) is 0 Å². The molecule has 592 valence electrons. The van der Waals surface area contributed by atoms with Crippen molar-refractivity contribution in [3.8, 4) is 44.5 Å². The molecule has 0 amide bonds. The Morgan fingerprint density at radius 1 is 0.156 bits per heavy atom.